The summed E-state index contributed by atoms with van der Waals surface area (Å²) < 4.78 is 10.2. The van der Waals surface area contributed by atoms with Crippen LogP contribution >= 0.6 is 11.6 Å². The van der Waals surface area contributed by atoms with Crippen LogP contribution in [-0.2, 0) is 4.74 Å². The van der Waals surface area contributed by atoms with Crippen molar-refractivity contribution in [3.8, 4) is 5.75 Å². The Kier molecular flexibility index (Phi) is 6.40. The van der Waals surface area contributed by atoms with Gasteiger partial charge in [0.1, 0.15) is 11.4 Å². The van der Waals surface area contributed by atoms with E-state index in [-0.39, 0.29) is 5.91 Å². The van der Waals surface area contributed by atoms with Crippen molar-refractivity contribution in [2.75, 3.05) is 38.0 Å². The number of carbonyl (C=O) groups excluding carboxylic acids is 1. The summed E-state index contributed by atoms with van der Waals surface area (Å²) in [5, 5.41) is 6.54. The summed E-state index contributed by atoms with van der Waals surface area (Å²) in [6.07, 6.45) is 1.58. The second-order valence-electron chi connectivity index (χ2n) is 5.11. The molecule has 0 atom stereocenters. The van der Waals surface area contributed by atoms with E-state index in [0.717, 1.165) is 11.3 Å². The Bertz CT molecular complexity index is 722. The molecule has 0 bridgehead atoms. The number of nitrogens with one attached hydrogen (secondary N) is 2. The number of anilines is 2. The van der Waals surface area contributed by atoms with Gasteiger partial charge in [-0.3, -0.25) is 9.78 Å². The Morgan fingerprint density at radius 2 is 2.08 bits per heavy atom. The number of pyridine rings is 1. The smallest absolute Gasteiger partial charge is 0.274 e. The summed E-state index contributed by atoms with van der Waals surface area (Å²) >= 11 is 6.08. The van der Waals surface area contributed by atoms with Crippen LogP contribution in [0.25, 0.3) is 0 Å². The molecule has 0 spiro atoms. The van der Waals surface area contributed by atoms with Gasteiger partial charge in [0.2, 0.25) is 0 Å². The number of halogens is 1. The number of hydrogen-bond donors (Lipinski definition) is 2. The molecule has 1 heterocycles. The van der Waals surface area contributed by atoms with E-state index in [0.29, 0.717) is 35.3 Å². The molecule has 7 heteroatoms. The molecule has 0 saturated carbocycles. The molecule has 1 amide bonds. The van der Waals surface area contributed by atoms with E-state index in [1.165, 1.54) is 7.11 Å². The second kappa shape index (κ2) is 8.52. The van der Waals surface area contributed by atoms with Crippen molar-refractivity contribution >= 4 is 28.9 Å². The van der Waals surface area contributed by atoms with Crippen LogP contribution in [0.5, 0.6) is 5.75 Å². The highest BCUT2D eigenvalue weighted by Gasteiger charge is 2.13. The highest BCUT2D eigenvalue weighted by Crippen LogP contribution is 2.31. The van der Waals surface area contributed by atoms with Gasteiger partial charge in [-0.15, -0.1) is 0 Å². The van der Waals surface area contributed by atoms with E-state index in [1.807, 2.05) is 6.92 Å². The van der Waals surface area contributed by atoms with Crippen molar-refractivity contribution in [1.82, 2.24) is 4.98 Å². The van der Waals surface area contributed by atoms with Crippen LogP contribution in [0, 0.1) is 6.92 Å². The van der Waals surface area contributed by atoms with Crippen molar-refractivity contribution in [2.45, 2.75) is 6.92 Å². The highest BCUT2D eigenvalue weighted by molar-refractivity contribution is 6.31. The monoisotopic (exact) mass is 349 g/mol. The van der Waals surface area contributed by atoms with Crippen molar-refractivity contribution in [2.24, 2.45) is 0 Å². The number of amides is 1. The van der Waals surface area contributed by atoms with Gasteiger partial charge in [0.15, 0.2) is 0 Å². The van der Waals surface area contributed by atoms with Gasteiger partial charge in [-0.05, 0) is 30.7 Å². The molecule has 2 N–H and O–H groups in total. The normalized spacial score (nSPS) is 10.3. The first kappa shape index (κ1) is 18.0. The van der Waals surface area contributed by atoms with Gasteiger partial charge in [-0.25, -0.2) is 0 Å². The third-order valence-electron chi connectivity index (χ3n) is 3.36. The Hall–Kier alpha value is -2.31. The molecular weight excluding hydrogens is 330 g/mol. The molecule has 0 aliphatic rings. The van der Waals surface area contributed by atoms with Crippen LogP contribution in [0.2, 0.25) is 5.02 Å². The summed E-state index contributed by atoms with van der Waals surface area (Å²) in [5.41, 5.74) is 2.48. The van der Waals surface area contributed by atoms with E-state index in [1.54, 1.807) is 37.6 Å². The third-order valence-corrected chi connectivity index (χ3v) is 3.76. The minimum absolute atomic E-state index is 0.298. The standard InChI is InChI=1S/C17H20ClN3O3/c1-11-8-14(16(24-3)10-13(11)18)21-17(22)15-9-12(4-5-20-15)19-6-7-23-2/h4-5,8-10H,6-7H2,1-3H3,(H,19,20)(H,21,22). The fourth-order valence-electron chi connectivity index (χ4n) is 2.08. The number of methoxy groups -OCH3 is 2. The molecule has 24 heavy (non-hydrogen) atoms. The predicted molar refractivity (Wildman–Crippen MR) is 95.3 cm³/mol. The zero-order valence-corrected chi connectivity index (χ0v) is 14.6. The van der Waals surface area contributed by atoms with E-state index in [9.17, 15) is 4.79 Å². The summed E-state index contributed by atoms with van der Waals surface area (Å²) in [6.45, 7) is 3.08. The van der Waals surface area contributed by atoms with E-state index >= 15 is 0 Å². The number of aromatic nitrogens is 1. The average Bonchev–Trinajstić information content (AvgIpc) is 2.58. The summed E-state index contributed by atoms with van der Waals surface area (Å²) in [5.74, 6) is 0.165. The molecule has 6 nitrogen and oxygen atoms in total. The summed E-state index contributed by atoms with van der Waals surface area (Å²) in [6, 6.07) is 6.90. The molecular formula is C17H20ClN3O3. The SMILES string of the molecule is COCCNc1ccnc(C(=O)Nc2cc(C)c(Cl)cc2OC)c1. The first-order valence-electron chi connectivity index (χ1n) is 7.39. The molecule has 2 aromatic rings. The van der Waals surface area contributed by atoms with E-state index in [2.05, 4.69) is 15.6 Å². The maximum Gasteiger partial charge on any atom is 0.274 e. The minimum atomic E-state index is -0.328. The molecule has 1 aromatic heterocycles. The van der Waals surface area contributed by atoms with E-state index in [4.69, 9.17) is 21.1 Å². The molecule has 0 saturated heterocycles. The Balaban J connectivity index is 2.15. The van der Waals surface area contributed by atoms with Gasteiger partial charge < -0.3 is 20.1 Å². The van der Waals surface area contributed by atoms with Gasteiger partial charge in [0.25, 0.3) is 5.91 Å². The molecule has 2 rings (SSSR count). The lowest BCUT2D eigenvalue weighted by Crippen LogP contribution is -2.15. The molecule has 0 aliphatic carbocycles. The number of benzene rings is 1. The first-order chi connectivity index (χ1) is 11.5. The van der Waals surface area contributed by atoms with Crippen molar-refractivity contribution < 1.29 is 14.3 Å². The Labute approximate surface area is 146 Å². The summed E-state index contributed by atoms with van der Waals surface area (Å²) in [4.78, 5) is 16.6. The first-order valence-corrected chi connectivity index (χ1v) is 7.77. The Morgan fingerprint density at radius 3 is 2.79 bits per heavy atom. The fourth-order valence-corrected chi connectivity index (χ4v) is 2.23. The van der Waals surface area contributed by atoms with Crippen LogP contribution in [-0.4, -0.2) is 38.3 Å². The molecule has 0 radical (unpaired) electrons. The number of carbonyl (C=O) groups is 1. The minimum Gasteiger partial charge on any atom is -0.495 e. The summed E-state index contributed by atoms with van der Waals surface area (Å²) in [7, 11) is 3.16. The van der Waals surface area contributed by atoms with Crippen molar-refractivity contribution in [3.63, 3.8) is 0 Å². The highest BCUT2D eigenvalue weighted by atomic mass is 35.5. The fraction of sp³-hybridized carbons (Fsp3) is 0.294. The zero-order valence-electron chi connectivity index (χ0n) is 13.9. The number of hydrogen-bond acceptors (Lipinski definition) is 5. The van der Waals surface area contributed by atoms with Gasteiger partial charge >= 0.3 is 0 Å². The number of nitrogens with zero attached hydrogens (tertiary/aromatic N) is 1. The lowest BCUT2D eigenvalue weighted by atomic mass is 10.2. The number of rotatable bonds is 7. The molecule has 0 aliphatic heterocycles. The van der Waals surface area contributed by atoms with Gasteiger partial charge in [-0.2, -0.15) is 0 Å². The van der Waals surface area contributed by atoms with Crippen LogP contribution < -0.4 is 15.4 Å². The number of ether oxygens (including phenoxy) is 2. The predicted octanol–water partition coefficient (Wildman–Crippen LogP) is 3.36. The largest absolute Gasteiger partial charge is 0.495 e. The quantitative estimate of drug-likeness (QED) is 0.750. The van der Waals surface area contributed by atoms with Gasteiger partial charge in [-0.1, -0.05) is 11.6 Å². The van der Waals surface area contributed by atoms with Crippen molar-refractivity contribution in [3.05, 3.63) is 46.7 Å². The Morgan fingerprint density at radius 1 is 1.29 bits per heavy atom. The van der Waals surface area contributed by atoms with Crippen LogP contribution in [0.4, 0.5) is 11.4 Å². The maximum atomic E-state index is 12.4. The maximum absolute atomic E-state index is 12.4. The van der Waals surface area contributed by atoms with Crippen molar-refractivity contribution in [1.29, 1.82) is 0 Å². The third kappa shape index (κ3) is 4.59. The topological polar surface area (TPSA) is 72.5 Å². The van der Waals surface area contributed by atoms with Gasteiger partial charge in [0, 0.05) is 36.6 Å². The van der Waals surface area contributed by atoms with Crippen LogP contribution in [0.1, 0.15) is 16.1 Å². The van der Waals surface area contributed by atoms with E-state index < -0.39 is 0 Å². The van der Waals surface area contributed by atoms with Crippen LogP contribution in [0.3, 0.4) is 0 Å². The lowest BCUT2D eigenvalue weighted by molar-refractivity contribution is 0.102. The van der Waals surface area contributed by atoms with Crippen LogP contribution in [0.15, 0.2) is 30.5 Å². The molecule has 0 unspecified atom stereocenters. The second-order valence-corrected chi connectivity index (χ2v) is 5.51. The van der Waals surface area contributed by atoms with Gasteiger partial charge in [0.05, 0.1) is 19.4 Å². The lowest BCUT2D eigenvalue weighted by Gasteiger charge is -2.12. The molecule has 128 valence electrons. The molecule has 0 fully saturated rings. The average molecular weight is 350 g/mol. The zero-order chi connectivity index (χ0) is 17.5. The number of aryl methyl sites for hydroxylation is 1. The molecule has 1 aromatic carbocycles.